The minimum absolute atomic E-state index is 0.108. The highest BCUT2D eigenvalue weighted by Crippen LogP contribution is 2.14. The molecule has 2 N–H and O–H groups in total. The maximum absolute atomic E-state index is 12.1. The van der Waals surface area contributed by atoms with E-state index >= 15 is 0 Å². The van der Waals surface area contributed by atoms with Crippen LogP contribution >= 0.6 is 22.6 Å². The van der Waals surface area contributed by atoms with Crippen molar-refractivity contribution in [1.82, 2.24) is 0 Å². The van der Waals surface area contributed by atoms with Crippen molar-refractivity contribution in [3.05, 3.63) is 63.2 Å². The number of aliphatic hydroxyl groups is 1. The van der Waals surface area contributed by atoms with Crippen LogP contribution in [0.2, 0.25) is 0 Å². The Hall–Kier alpha value is -1.40. The van der Waals surface area contributed by atoms with Crippen molar-refractivity contribution in [1.29, 1.82) is 0 Å². The van der Waals surface area contributed by atoms with E-state index in [2.05, 4.69) is 27.9 Å². The average Bonchev–Trinajstić information content (AvgIpc) is 2.45. The maximum Gasteiger partial charge on any atom is 0.255 e. The molecule has 0 heterocycles. The number of halogens is 1. The van der Waals surface area contributed by atoms with Gasteiger partial charge in [0.1, 0.15) is 0 Å². The number of anilines is 1. The molecule has 0 saturated heterocycles. The van der Waals surface area contributed by atoms with Crippen molar-refractivity contribution in [2.24, 2.45) is 0 Å². The highest BCUT2D eigenvalue weighted by atomic mass is 127. The first kappa shape index (κ1) is 15.0. The molecule has 0 spiro atoms. The molecule has 2 rings (SSSR count). The van der Waals surface area contributed by atoms with E-state index in [4.69, 9.17) is 5.11 Å². The molecule has 0 fully saturated rings. The van der Waals surface area contributed by atoms with E-state index in [1.54, 1.807) is 6.07 Å². The van der Waals surface area contributed by atoms with E-state index in [1.165, 1.54) is 0 Å². The van der Waals surface area contributed by atoms with Crippen LogP contribution in [-0.2, 0) is 6.42 Å². The molecule has 0 aromatic heterocycles. The van der Waals surface area contributed by atoms with Crippen LogP contribution in [0, 0.1) is 3.57 Å². The molecule has 0 aliphatic rings. The van der Waals surface area contributed by atoms with Crippen molar-refractivity contribution in [3.8, 4) is 0 Å². The zero-order valence-electron chi connectivity index (χ0n) is 11.0. The van der Waals surface area contributed by atoms with Crippen molar-refractivity contribution in [2.75, 3.05) is 11.9 Å². The molecular weight excluding hydrogens is 365 g/mol. The number of carbonyl (C=O) groups excluding carboxylic acids is 1. The number of hydrogen-bond acceptors (Lipinski definition) is 2. The average molecular weight is 381 g/mol. The fourth-order valence-electron chi connectivity index (χ4n) is 1.92. The van der Waals surface area contributed by atoms with Gasteiger partial charge in [-0.15, -0.1) is 0 Å². The fraction of sp³-hybridized carbons (Fsp3) is 0.188. The standard InChI is InChI=1S/C16H16INO2/c17-14-7-2-6-13(11-14)16(20)18-15-8-1-4-12(10-15)5-3-9-19/h1-2,4,6-8,10-11,19H,3,5,9H2,(H,18,20). The third kappa shape index (κ3) is 4.31. The number of nitrogens with one attached hydrogen (secondary N) is 1. The summed E-state index contributed by atoms with van der Waals surface area (Å²) < 4.78 is 1.03. The largest absolute Gasteiger partial charge is 0.396 e. The van der Waals surface area contributed by atoms with Gasteiger partial charge in [-0.05, 0) is 71.3 Å². The fourth-order valence-corrected chi connectivity index (χ4v) is 2.46. The zero-order valence-corrected chi connectivity index (χ0v) is 13.1. The molecule has 2 aromatic rings. The van der Waals surface area contributed by atoms with Gasteiger partial charge in [0, 0.05) is 21.4 Å². The van der Waals surface area contributed by atoms with E-state index in [0.29, 0.717) is 5.56 Å². The van der Waals surface area contributed by atoms with Gasteiger partial charge >= 0.3 is 0 Å². The van der Waals surface area contributed by atoms with Crippen LogP contribution in [-0.4, -0.2) is 17.6 Å². The van der Waals surface area contributed by atoms with Gasteiger partial charge in [0.05, 0.1) is 0 Å². The summed E-state index contributed by atoms with van der Waals surface area (Å²) in [6.07, 6.45) is 1.54. The van der Waals surface area contributed by atoms with Gasteiger partial charge < -0.3 is 10.4 Å². The number of rotatable bonds is 5. The van der Waals surface area contributed by atoms with E-state index in [9.17, 15) is 4.79 Å². The summed E-state index contributed by atoms with van der Waals surface area (Å²) in [5.41, 5.74) is 2.54. The van der Waals surface area contributed by atoms with Crippen LogP contribution in [0.5, 0.6) is 0 Å². The van der Waals surface area contributed by atoms with Crippen LogP contribution in [0.15, 0.2) is 48.5 Å². The molecule has 3 nitrogen and oxygen atoms in total. The van der Waals surface area contributed by atoms with Crippen LogP contribution < -0.4 is 5.32 Å². The minimum Gasteiger partial charge on any atom is -0.396 e. The third-order valence-corrected chi connectivity index (χ3v) is 3.57. The van der Waals surface area contributed by atoms with Gasteiger partial charge in [-0.25, -0.2) is 0 Å². The minimum atomic E-state index is -0.108. The predicted molar refractivity (Wildman–Crippen MR) is 89.0 cm³/mol. The van der Waals surface area contributed by atoms with Crippen molar-refractivity contribution in [3.63, 3.8) is 0 Å². The Kier molecular flexibility index (Phi) is 5.55. The summed E-state index contributed by atoms with van der Waals surface area (Å²) in [5, 5.41) is 11.7. The van der Waals surface area contributed by atoms with Crippen LogP contribution in [0.4, 0.5) is 5.69 Å². The van der Waals surface area contributed by atoms with Crippen molar-refractivity contribution >= 4 is 34.2 Å². The van der Waals surface area contributed by atoms with Gasteiger partial charge in [0.2, 0.25) is 0 Å². The molecule has 0 aliphatic carbocycles. The Morgan fingerprint density at radius 1 is 1.15 bits per heavy atom. The van der Waals surface area contributed by atoms with Gasteiger partial charge in [-0.3, -0.25) is 4.79 Å². The summed E-state index contributed by atoms with van der Waals surface area (Å²) >= 11 is 2.19. The quantitative estimate of drug-likeness (QED) is 0.780. The highest BCUT2D eigenvalue weighted by Gasteiger charge is 2.06. The highest BCUT2D eigenvalue weighted by molar-refractivity contribution is 14.1. The summed E-state index contributed by atoms with van der Waals surface area (Å²) in [7, 11) is 0. The molecule has 20 heavy (non-hydrogen) atoms. The van der Waals surface area contributed by atoms with E-state index in [0.717, 1.165) is 27.7 Å². The molecule has 0 aliphatic heterocycles. The van der Waals surface area contributed by atoms with Gasteiger partial charge in [0.25, 0.3) is 5.91 Å². The van der Waals surface area contributed by atoms with Crippen LogP contribution in [0.3, 0.4) is 0 Å². The monoisotopic (exact) mass is 381 g/mol. The lowest BCUT2D eigenvalue weighted by atomic mass is 10.1. The molecular formula is C16H16INO2. The first-order chi connectivity index (χ1) is 9.69. The van der Waals surface area contributed by atoms with E-state index < -0.39 is 0 Å². The van der Waals surface area contributed by atoms with Gasteiger partial charge in [0.15, 0.2) is 0 Å². The Morgan fingerprint density at radius 3 is 2.70 bits per heavy atom. The molecule has 4 heteroatoms. The van der Waals surface area contributed by atoms with Crippen LogP contribution in [0.1, 0.15) is 22.3 Å². The zero-order chi connectivity index (χ0) is 14.4. The summed E-state index contributed by atoms with van der Waals surface area (Å²) in [6, 6.07) is 15.2. The lowest BCUT2D eigenvalue weighted by Crippen LogP contribution is -2.12. The smallest absolute Gasteiger partial charge is 0.255 e. The summed E-state index contributed by atoms with van der Waals surface area (Å²) in [6.45, 7) is 0.180. The number of carbonyl (C=O) groups is 1. The summed E-state index contributed by atoms with van der Waals surface area (Å²) in [4.78, 5) is 12.1. The number of aliphatic hydroxyl groups excluding tert-OH is 1. The van der Waals surface area contributed by atoms with Crippen molar-refractivity contribution in [2.45, 2.75) is 12.8 Å². The third-order valence-electron chi connectivity index (χ3n) is 2.90. The second-order valence-electron chi connectivity index (χ2n) is 4.49. The Balaban J connectivity index is 2.07. The molecule has 104 valence electrons. The lowest BCUT2D eigenvalue weighted by molar-refractivity contribution is 0.102. The molecule has 0 saturated carbocycles. The number of hydrogen-bond donors (Lipinski definition) is 2. The molecule has 1 amide bonds. The van der Waals surface area contributed by atoms with Crippen LogP contribution in [0.25, 0.3) is 0 Å². The Morgan fingerprint density at radius 2 is 1.95 bits per heavy atom. The lowest BCUT2D eigenvalue weighted by Gasteiger charge is -2.07. The van der Waals surface area contributed by atoms with E-state index in [-0.39, 0.29) is 12.5 Å². The normalized spacial score (nSPS) is 10.3. The van der Waals surface area contributed by atoms with E-state index in [1.807, 2.05) is 42.5 Å². The molecule has 0 bridgehead atoms. The topological polar surface area (TPSA) is 49.3 Å². The van der Waals surface area contributed by atoms with Crippen molar-refractivity contribution < 1.29 is 9.90 Å². The molecule has 0 atom stereocenters. The first-order valence-electron chi connectivity index (χ1n) is 6.46. The van der Waals surface area contributed by atoms with Gasteiger partial charge in [-0.2, -0.15) is 0 Å². The number of benzene rings is 2. The Bertz CT molecular complexity index is 599. The second kappa shape index (κ2) is 7.40. The number of aryl methyl sites for hydroxylation is 1. The maximum atomic E-state index is 12.1. The molecule has 2 aromatic carbocycles. The Labute approximate surface area is 132 Å². The number of amides is 1. The van der Waals surface area contributed by atoms with Gasteiger partial charge in [-0.1, -0.05) is 18.2 Å². The second-order valence-corrected chi connectivity index (χ2v) is 5.74. The SMILES string of the molecule is O=C(Nc1cccc(CCCO)c1)c1cccc(I)c1. The summed E-state index contributed by atoms with van der Waals surface area (Å²) in [5.74, 6) is -0.108. The molecule has 0 radical (unpaired) electrons. The molecule has 0 unspecified atom stereocenters. The predicted octanol–water partition coefficient (Wildman–Crippen LogP) is 3.47. The first-order valence-corrected chi connectivity index (χ1v) is 7.53.